The van der Waals surface area contributed by atoms with E-state index in [0.717, 1.165) is 30.6 Å². The Bertz CT molecular complexity index is 1410. The summed E-state index contributed by atoms with van der Waals surface area (Å²) in [5, 5.41) is 8.13. The van der Waals surface area contributed by atoms with Gasteiger partial charge < -0.3 is 14.8 Å². The first-order valence-electron chi connectivity index (χ1n) is 14.9. The van der Waals surface area contributed by atoms with Gasteiger partial charge in [-0.1, -0.05) is 46.2 Å². The molecule has 2 aliphatic rings. The summed E-state index contributed by atoms with van der Waals surface area (Å²) >= 11 is 0. The minimum Gasteiger partial charge on any atom is -0.388 e. The number of aromatic nitrogens is 4. The van der Waals surface area contributed by atoms with Crippen LogP contribution in [0.3, 0.4) is 0 Å². The lowest BCUT2D eigenvalue weighted by molar-refractivity contribution is 0.0756. The maximum absolute atomic E-state index is 14.3. The topological polar surface area (TPSA) is 66.1 Å². The molecule has 11 heteroatoms. The third-order valence-corrected chi connectivity index (χ3v) is 12.2. The highest BCUT2D eigenvalue weighted by Gasteiger charge is 2.54. The summed E-state index contributed by atoms with van der Waals surface area (Å²) < 4.78 is 44.9. The third kappa shape index (κ3) is 6.63. The van der Waals surface area contributed by atoms with E-state index >= 15 is 0 Å². The number of alkyl halides is 2. The molecule has 7 nitrogen and oxygen atoms in total. The maximum atomic E-state index is 14.3. The summed E-state index contributed by atoms with van der Waals surface area (Å²) in [4.78, 5) is 4.89. The van der Waals surface area contributed by atoms with Gasteiger partial charge in [0.25, 0.3) is 6.43 Å². The summed E-state index contributed by atoms with van der Waals surface area (Å²) in [6.07, 6.45) is 0.443. The number of hydrogen-bond acceptors (Lipinski definition) is 5. The van der Waals surface area contributed by atoms with Crippen molar-refractivity contribution >= 4 is 32.9 Å². The first-order valence-corrected chi connectivity index (χ1v) is 22.3. The van der Waals surface area contributed by atoms with E-state index in [4.69, 9.17) is 19.6 Å². The van der Waals surface area contributed by atoms with Gasteiger partial charge in [-0.15, -0.1) is 0 Å². The Morgan fingerprint density at radius 1 is 1.05 bits per heavy atom. The summed E-state index contributed by atoms with van der Waals surface area (Å²) in [7, 11) is -0.755. The predicted molar refractivity (Wildman–Crippen MR) is 167 cm³/mol. The van der Waals surface area contributed by atoms with Gasteiger partial charge in [0.05, 0.1) is 11.0 Å². The lowest BCUT2D eigenvalue weighted by Gasteiger charge is -2.20. The molecule has 0 aliphatic heterocycles. The van der Waals surface area contributed by atoms with Crippen LogP contribution in [0.4, 0.5) is 14.5 Å². The van der Waals surface area contributed by atoms with E-state index in [1.165, 1.54) is 23.7 Å². The van der Waals surface area contributed by atoms with E-state index in [-0.39, 0.29) is 12.3 Å². The Hall–Kier alpha value is -2.09. The van der Waals surface area contributed by atoms with Crippen LogP contribution in [-0.2, 0) is 35.8 Å². The zero-order valence-electron chi connectivity index (χ0n) is 26.0. The second kappa shape index (κ2) is 11.2. The smallest absolute Gasteiger partial charge is 0.266 e. The van der Waals surface area contributed by atoms with Crippen molar-refractivity contribution in [2.24, 2.45) is 11.3 Å². The second-order valence-corrected chi connectivity index (χ2v) is 26.0. The van der Waals surface area contributed by atoms with Gasteiger partial charge in [0.15, 0.2) is 5.82 Å². The molecule has 1 saturated carbocycles. The van der Waals surface area contributed by atoms with Gasteiger partial charge >= 0.3 is 0 Å². The fourth-order valence-corrected chi connectivity index (χ4v) is 7.35. The van der Waals surface area contributed by atoms with Gasteiger partial charge in [0.1, 0.15) is 19.2 Å². The Morgan fingerprint density at radius 2 is 1.71 bits per heavy atom. The number of anilines is 1. The highest BCUT2D eigenvalue weighted by molar-refractivity contribution is 6.76. The average Bonchev–Trinajstić information content (AvgIpc) is 3.23. The quantitative estimate of drug-likeness (QED) is 0.161. The molecular weight excluding hydrogens is 557 g/mol. The number of hydrogen-bond donors (Lipinski definition) is 1. The molecule has 2 aliphatic carbocycles. The molecule has 1 fully saturated rings. The molecule has 226 valence electrons. The fraction of sp³-hybridized carbons (Fsp3) is 0.667. The first kappa shape index (κ1) is 30.4. The molecule has 2 heterocycles. The zero-order valence-corrected chi connectivity index (χ0v) is 28.0. The van der Waals surface area contributed by atoms with Crippen LogP contribution in [0.1, 0.15) is 36.6 Å². The zero-order chi connectivity index (χ0) is 29.7. The molecule has 0 unspecified atom stereocenters. The highest BCUT2D eigenvalue weighted by Crippen LogP contribution is 2.60. The molecule has 1 N–H and O–H groups in total. The Balaban J connectivity index is 1.57. The minimum atomic E-state index is -2.65. The number of imidazole rings is 1. The average molecular weight is 604 g/mol. The standard InChI is InChI=1S/C30H47F2N5O2Si2/c1-30-16-20(30)13-22-25(17-30)37(19-39-10-12-41(6,7)8)35-27(22)29-34-26-23(28(31)32)14-21(33-2)15-24(26)36(29)18-38-9-11-40(3,4)5/h14-15,20,28,33H,9-13,16-19H2,1-8H3/t20-,30-/m1/s1. The van der Waals surface area contributed by atoms with Crippen molar-refractivity contribution in [1.82, 2.24) is 19.3 Å². The van der Waals surface area contributed by atoms with Gasteiger partial charge in [-0.2, -0.15) is 5.10 Å². The van der Waals surface area contributed by atoms with Crippen LogP contribution in [0.15, 0.2) is 12.1 Å². The van der Waals surface area contributed by atoms with E-state index in [1.807, 2.05) is 15.3 Å². The maximum Gasteiger partial charge on any atom is 0.266 e. The SMILES string of the molecule is CNc1cc(C(F)F)c2nc(-c3nn(COCC[Si](C)(C)C)c4c3C[C@@H]3C[C@]3(C)C4)n(COCC[Si](C)(C)C)c2c1. The Kier molecular flexibility index (Phi) is 8.30. The number of halogens is 2. The lowest BCUT2D eigenvalue weighted by atomic mass is 9.87. The molecule has 0 bridgehead atoms. The minimum absolute atomic E-state index is 0.0771. The van der Waals surface area contributed by atoms with Crippen molar-refractivity contribution in [2.75, 3.05) is 25.6 Å². The molecule has 41 heavy (non-hydrogen) atoms. The summed E-state index contributed by atoms with van der Waals surface area (Å²) in [6, 6.07) is 5.51. The van der Waals surface area contributed by atoms with Crippen molar-refractivity contribution < 1.29 is 18.3 Å². The van der Waals surface area contributed by atoms with Crippen LogP contribution in [-0.4, -0.2) is 55.7 Å². The molecule has 2 aromatic heterocycles. The third-order valence-electron chi connectivity index (χ3n) is 8.77. The molecule has 2 atom stereocenters. The fourth-order valence-electron chi connectivity index (χ4n) is 5.84. The summed E-state index contributed by atoms with van der Waals surface area (Å²) in [5.41, 5.74) is 4.97. The van der Waals surface area contributed by atoms with E-state index < -0.39 is 22.6 Å². The molecule has 1 aromatic carbocycles. The van der Waals surface area contributed by atoms with Crippen molar-refractivity contribution in [3.05, 3.63) is 29.0 Å². The van der Waals surface area contributed by atoms with Crippen LogP contribution in [0.25, 0.3) is 22.6 Å². The van der Waals surface area contributed by atoms with Crippen LogP contribution in [0.5, 0.6) is 0 Å². The van der Waals surface area contributed by atoms with Crippen molar-refractivity contribution in [3.63, 3.8) is 0 Å². The normalized spacial score (nSPS) is 20.5. The number of rotatable bonds is 13. The van der Waals surface area contributed by atoms with Crippen LogP contribution in [0.2, 0.25) is 51.4 Å². The van der Waals surface area contributed by atoms with Gasteiger partial charge in [0.2, 0.25) is 0 Å². The second-order valence-electron chi connectivity index (χ2n) is 14.8. The predicted octanol–water partition coefficient (Wildman–Crippen LogP) is 7.63. The Morgan fingerprint density at radius 3 is 2.32 bits per heavy atom. The van der Waals surface area contributed by atoms with Crippen molar-refractivity contribution in [2.45, 2.75) is 97.4 Å². The lowest BCUT2D eigenvalue weighted by Crippen LogP contribution is -2.23. The van der Waals surface area contributed by atoms with Crippen LogP contribution in [0, 0.1) is 11.3 Å². The van der Waals surface area contributed by atoms with E-state index in [9.17, 15) is 8.78 Å². The molecule has 5 rings (SSSR count). The van der Waals surface area contributed by atoms with Crippen LogP contribution < -0.4 is 5.32 Å². The molecule has 0 saturated heterocycles. The van der Waals surface area contributed by atoms with E-state index in [0.29, 0.717) is 53.8 Å². The van der Waals surface area contributed by atoms with Crippen molar-refractivity contribution in [3.8, 4) is 11.5 Å². The van der Waals surface area contributed by atoms with Crippen LogP contribution >= 0.6 is 0 Å². The number of ether oxygens (including phenoxy) is 2. The largest absolute Gasteiger partial charge is 0.388 e. The molecule has 0 amide bonds. The van der Waals surface area contributed by atoms with Gasteiger partial charge in [-0.05, 0) is 54.8 Å². The summed E-state index contributed by atoms with van der Waals surface area (Å²) in [6.45, 7) is 18.3. The molecule has 3 aromatic rings. The first-order chi connectivity index (χ1) is 19.2. The Labute approximate surface area is 245 Å². The number of fused-ring (bicyclic) bond motifs is 3. The van der Waals surface area contributed by atoms with E-state index in [1.54, 1.807) is 7.05 Å². The van der Waals surface area contributed by atoms with Gasteiger partial charge in [-0.3, -0.25) is 4.57 Å². The summed E-state index contributed by atoms with van der Waals surface area (Å²) in [5.74, 6) is 1.22. The van der Waals surface area contributed by atoms with E-state index in [2.05, 4.69) is 51.5 Å². The van der Waals surface area contributed by atoms with Crippen molar-refractivity contribution in [1.29, 1.82) is 0 Å². The molecular formula is C30H47F2N5O2Si2. The van der Waals surface area contributed by atoms with Gasteiger partial charge in [-0.25, -0.2) is 18.4 Å². The monoisotopic (exact) mass is 603 g/mol. The van der Waals surface area contributed by atoms with Gasteiger partial charge in [0, 0.05) is 58.9 Å². The number of benzene rings is 1. The molecule has 0 radical (unpaired) electrons. The molecule has 0 spiro atoms. The number of nitrogens with zero attached hydrogens (tertiary/aromatic N) is 4. The highest BCUT2D eigenvalue weighted by atomic mass is 28.3. The number of nitrogens with one attached hydrogen (secondary N) is 1.